The van der Waals surface area contributed by atoms with Crippen molar-refractivity contribution in [1.29, 1.82) is 0 Å². The van der Waals surface area contributed by atoms with E-state index in [0.717, 1.165) is 16.9 Å². The van der Waals surface area contributed by atoms with Crippen LogP contribution in [-0.2, 0) is 26.7 Å². The summed E-state index contributed by atoms with van der Waals surface area (Å²) in [6.45, 7) is 0.263. The number of benzene rings is 3. The van der Waals surface area contributed by atoms with Crippen molar-refractivity contribution in [2.75, 3.05) is 9.44 Å². The zero-order valence-electron chi connectivity index (χ0n) is 17.8. The van der Waals surface area contributed by atoms with Gasteiger partial charge in [0.15, 0.2) is 0 Å². The van der Waals surface area contributed by atoms with Crippen molar-refractivity contribution in [3.05, 3.63) is 99.9 Å². The normalized spacial score (nSPS) is 11.7. The van der Waals surface area contributed by atoms with Crippen molar-refractivity contribution >= 4 is 66.0 Å². The van der Waals surface area contributed by atoms with Crippen LogP contribution in [0.4, 0.5) is 11.4 Å². The van der Waals surface area contributed by atoms with Gasteiger partial charge in [0, 0.05) is 0 Å². The standard InChI is InChI=1S/C23H18Cl2N2O5S3/c24-19-13-21(22(14-20(19)25)27-35(30,31)23-7-4-12-33-23)26-34(28,29)18-10-8-16(9-11-18)15-32-17-5-2-1-3-6-17/h1-14,26-27H,15H2. The van der Waals surface area contributed by atoms with E-state index in [0.29, 0.717) is 5.75 Å². The molecule has 1 aromatic heterocycles. The smallest absolute Gasteiger partial charge is 0.271 e. The lowest BCUT2D eigenvalue weighted by Crippen LogP contribution is -2.17. The Hall–Kier alpha value is -2.76. The zero-order chi connectivity index (χ0) is 25.1. The molecule has 0 spiro atoms. The molecule has 0 radical (unpaired) electrons. The molecule has 0 aliphatic rings. The first kappa shape index (κ1) is 25.3. The van der Waals surface area contributed by atoms with Gasteiger partial charge in [-0.1, -0.05) is 59.6 Å². The predicted molar refractivity (Wildman–Crippen MR) is 140 cm³/mol. The average molecular weight is 570 g/mol. The van der Waals surface area contributed by atoms with Gasteiger partial charge in [-0.25, -0.2) is 16.8 Å². The molecule has 0 amide bonds. The van der Waals surface area contributed by atoms with Gasteiger partial charge in [-0.3, -0.25) is 9.44 Å². The SMILES string of the molecule is O=S(=O)(Nc1cc(Cl)c(Cl)cc1NS(=O)(=O)c1cccs1)c1ccc(COc2ccccc2)cc1. The van der Waals surface area contributed by atoms with Crippen LogP contribution in [0.2, 0.25) is 10.0 Å². The minimum absolute atomic E-state index is 0.0286. The number of hydrogen-bond acceptors (Lipinski definition) is 6. The summed E-state index contributed by atoms with van der Waals surface area (Å²) in [7, 11) is -8.04. The number of sulfonamides is 2. The van der Waals surface area contributed by atoms with Gasteiger partial charge in [0.25, 0.3) is 20.0 Å². The molecule has 0 unspecified atom stereocenters. The molecule has 2 N–H and O–H groups in total. The predicted octanol–water partition coefficient (Wildman–Crippen LogP) is 6.24. The molecule has 3 aromatic carbocycles. The minimum atomic E-state index is -4.08. The van der Waals surface area contributed by atoms with Gasteiger partial charge in [-0.2, -0.15) is 0 Å². The third kappa shape index (κ3) is 6.28. The molecule has 0 bridgehead atoms. The van der Waals surface area contributed by atoms with Crippen LogP contribution in [-0.4, -0.2) is 16.8 Å². The van der Waals surface area contributed by atoms with Gasteiger partial charge < -0.3 is 4.74 Å². The fourth-order valence-electron chi connectivity index (χ4n) is 2.98. The quantitative estimate of drug-likeness (QED) is 0.249. The van der Waals surface area contributed by atoms with E-state index >= 15 is 0 Å². The fourth-order valence-corrected chi connectivity index (χ4v) is 6.44. The van der Waals surface area contributed by atoms with Crippen molar-refractivity contribution in [3.8, 4) is 5.75 Å². The third-order valence-electron chi connectivity index (χ3n) is 4.69. The van der Waals surface area contributed by atoms with Crippen LogP contribution in [0.5, 0.6) is 5.75 Å². The Kier molecular flexibility index (Phi) is 7.58. The lowest BCUT2D eigenvalue weighted by atomic mass is 10.2. The molecular weight excluding hydrogens is 551 g/mol. The van der Waals surface area contributed by atoms with E-state index in [1.54, 1.807) is 23.6 Å². The molecule has 0 saturated carbocycles. The second-order valence-electron chi connectivity index (χ2n) is 7.20. The highest BCUT2D eigenvalue weighted by Gasteiger charge is 2.22. The first-order valence-electron chi connectivity index (χ1n) is 9.99. The fraction of sp³-hybridized carbons (Fsp3) is 0.0435. The van der Waals surface area contributed by atoms with Crippen molar-refractivity contribution < 1.29 is 21.6 Å². The Balaban J connectivity index is 1.55. The monoisotopic (exact) mass is 568 g/mol. The summed E-state index contributed by atoms with van der Waals surface area (Å²) < 4.78 is 61.9. The lowest BCUT2D eigenvalue weighted by Gasteiger charge is -2.15. The van der Waals surface area contributed by atoms with E-state index in [-0.39, 0.29) is 37.1 Å². The summed E-state index contributed by atoms with van der Waals surface area (Å²) in [6.07, 6.45) is 0. The molecular formula is C23H18Cl2N2O5S3. The van der Waals surface area contributed by atoms with Crippen molar-refractivity contribution in [2.24, 2.45) is 0 Å². The van der Waals surface area contributed by atoms with Crippen LogP contribution in [0.3, 0.4) is 0 Å². The molecule has 4 aromatic rings. The second kappa shape index (κ2) is 10.5. The topological polar surface area (TPSA) is 102 Å². The Morgan fingerprint density at radius 1 is 0.743 bits per heavy atom. The summed E-state index contributed by atoms with van der Waals surface area (Å²) in [4.78, 5) is -0.0286. The van der Waals surface area contributed by atoms with E-state index in [1.807, 2.05) is 30.3 Å². The molecule has 0 saturated heterocycles. The summed E-state index contributed by atoms with van der Waals surface area (Å²) in [5.41, 5.74) is 0.631. The number of hydrogen-bond donors (Lipinski definition) is 2. The number of ether oxygens (including phenoxy) is 1. The van der Waals surface area contributed by atoms with Crippen LogP contribution in [0, 0.1) is 0 Å². The molecule has 182 valence electrons. The summed E-state index contributed by atoms with van der Waals surface area (Å²) in [6, 6.07) is 20.9. The number of anilines is 2. The van der Waals surface area contributed by atoms with E-state index in [9.17, 15) is 16.8 Å². The summed E-state index contributed by atoms with van der Waals surface area (Å²) >= 11 is 13.2. The van der Waals surface area contributed by atoms with Crippen LogP contribution in [0.1, 0.15) is 5.56 Å². The van der Waals surface area contributed by atoms with Gasteiger partial charge in [0.1, 0.15) is 16.6 Å². The van der Waals surface area contributed by atoms with Gasteiger partial charge in [-0.15, -0.1) is 11.3 Å². The maximum absolute atomic E-state index is 13.0. The zero-order valence-corrected chi connectivity index (χ0v) is 21.8. The number of halogens is 2. The average Bonchev–Trinajstić information content (AvgIpc) is 3.38. The Bertz CT molecular complexity index is 1530. The second-order valence-corrected chi connectivity index (χ2v) is 12.6. The highest BCUT2D eigenvalue weighted by atomic mass is 35.5. The first-order chi connectivity index (χ1) is 16.6. The van der Waals surface area contributed by atoms with E-state index < -0.39 is 20.0 Å². The molecule has 7 nitrogen and oxygen atoms in total. The molecule has 1 heterocycles. The Morgan fingerprint density at radius 3 is 1.91 bits per heavy atom. The molecule has 35 heavy (non-hydrogen) atoms. The largest absolute Gasteiger partial charge is 0.489 e. The lowest BCUT2D eigenvalue weighted by molar-refractivity contribution is 0.306. The summed E-state index contributed by atoms with van der Waals surface area (Å²) in [5.74, 6) is 0.697. The molecule has 0 fully saturated rings. The van der Waals surface area contributed by atoms with Crippen molar-refractivity contribution in [2.45, 2.75) is 15.7 Å². The van der Waals surface area contributed by atoms with Gasteiger partial charge in [-0.05, 0) is 53.4 Å². The Labute approximate surface area is 217 Å². The minimum Gasteiger partial charge on any atom is -0.489 e. The Morgan fingerprint density at radius 2 is 1.34 bits per heavy atom. The van der Waals surface area contributed by atoms with E-state index in [2.05, 4.69) is 9.44 Å². The van der Waals surface area contributed by atoms with Crippen LogP contribution < -0.4 is 14.2 Å². The maximum atomic E-state index is 13.0. The highest BCUT2D eigenvalue weighted by Crippen LogP contribution is 2.35. The van der Waals surface area contributed by atoms with Gasteiger partial charge >= 0.3 is 0 Å². The van der Waals surface area contributed by atoms with Gasteiger partial charge in [0.05, 0.1) is 26.3 Å². The van der Waals surface area contributed by atoms with Crippen molar-refractivity contribution in [3.63, 3.8) is 0 Å². The molecule has 12 heteroatoms. The van der Waals surface area contributed by atoms with Crippen LogP contribution in [0.25, 0.3) is 0 Å². The van der Waals surface area contributed by atoms with Crippen LogP contribution in [0.15, 0.2) is 93.3 Å². The van der Waals surface area contributed by atoms with E-state index in [4.69, 9.17) is 27.9 Å². The number of para-hydroxylation sites is 1. The highest BCUT2D eigenvalue weighted by molar-refractivity contribution is 7.94. The number of nitrogens with one attached hydrogen (secondary N) is 2. The molecule has 0 aliphatic heterocycles. The number of rotatable bonds is 9. The van der Waals surface area contributed by atoms with Crippen molar-refractivity contribution in [1.82, 2.24) is 0 Å². The van der Waals surface area contributed by atoms with E-state index in [1.165, 1.54) is 30.3 Å². The first-order valence-corrected chi connectivity index (χ1v) is 14.6. The van der Waals surface area contributed by atoms with Crippen LogP contribution >= 0.6 is 34.5 Å². The maximum Gasteiger partial charge on any atom is 0.271 e. The summed E-state index contributed by atoms with van der Waals surface area (Å²) in [5, 5.41) is 1.72. The molecule has 0 atom stereocenters. The molecule has 4 rings (SSSR count). The number of thiophene rings is 1. The van der Waals surface area contributed by atoms with Gasteiger partial charge in [0.2, 0.25) is 0 Å². The third-order valence-corrected chi connectivity index (χ3v) is 9.56. The molecule has 0 aliphatic carbocycles.